The number of H-pyrrole nitrogens is 1. The fourth-order valence-electron chi connectivity index (χ4n) is 11.8. The van der Waals surface area contributed by atoms with E-state index in [0.717, 1.165) is 21.7 Å². The molecule has 4 heterocycles. The summed E-state index contributed by atoms with van der Waals surface area (Å²) in [6, 6.07) is 9.02. The summed E-state index contributed by atoms with van der Waals surface area (Å²) in [6.07, 6.45) is -0.973. The molecule has 0 radical (unpaired) electrons. The van der Waals surface area contributed by atoms with Gasteiger partial charge in [0, 0.05) is 63.0 Å². The van der Waals surface area contributed by atoms with Crippen LogP contribution in [0.1, 0.15) is 122 Å². The number of rotatable bonds is 19. The molecule has 1 unspecified atom stereocenters. The van der Waals surface area contributed by atoms with Crippen LogP contribution in [0.2, 0.25) is 0 Å². The highest BCUT2D eigenvalue weighted by atomic mass is 19.4. The van der Waals surface area contributed by atoms with Crippen LogP contribution in [0.25, 0.3) is 21.7 Å². The zero-order valence-electron chi connectivity index (χ0n) is 54.2. The van der Waals surface area contributed by atoms with Crippen molar-refractivity contribution in [1.82, 2.24) is 57.3 Å². The number of alkyl halides is 3. The molecule has 16 N–H and O–H groups in total. The van der Waals surface area contributed by atoms with Gasteiger partial charge in [-0.2, -0.15) is 13.2 Å². The van der Waals surface area contributed by atoms with Crippen LogP contribution in [-0.4, -0.2) is 184 Å². The molecule has 4 aromatic rings. The quantitative estimate of drug-likeness (QED) is 0.0357. The number of carboxylic acids is 1. The van der Waals surface area contributed by atoms with E-state index < -0.39 is 144 Å². The highest BCUT2D eigenvalue weighted by Crippen LogP contribution is 2.25. The summed E-state index contributed by atoms with van der Waals surface area (Å²) in [6.45, 7) is 6.93. The molecule has 9 atom stereocenters. The molecule has 28 nitrogen and oxygen atoms in total. The van der Waals surface area contributed by atoms with Crippen LogP contribution in [0.4, 0.5) is 13.2 Å². The van der Waals surface area contributed by atoms with Crippen molar-refractivity contribution in [2.45, 2.75) is 185 Å². The van der Waals surface area contributed by atoms with Gasteiger partial charge in [0.1, 0.15) is 54.4 Å². The van der Waals surface area contributed by atoms with Crippen LogP contribution in [0.15, 0.2) is 77.9 Å². The molecule has 3 aliphatic heterocycles. The maximum absolute atomic E-state index is 15.1. The number of para-hydroxylation sites is 1. The third-order valence-corrected chi connectivity index (χ3v) is 16.8. The second-order valence-corrected chi connectivity index (χ2v) is 24.5. The van der Waals surface area contributed by atoms with Crippen molar-refractivity contribution < 1.29 is 75.8 Å². The molecule has 3 aliphatic rings. The molecule has 3 aromatic carbocycles. The molecule has 0 saturated carbocycles. The fraction of sp³-hybridized carbons (Fsp3) is 0.523. The van der Waals surface area contributed by atoms with Crippen molar-refractivity contribution in [3.8, 4) is 0 Å². The van der Waals surface area contributed by atoms with Gasteiger partial charge in [-0.3, -0.25) is 57.7 Å². The molecule has 7 rings (SSSR count). The highest BCUT2D eigenvalue weighted by molar-refractivity contribution is 6.00. The van der Waals surface area contributed by atoms with E-state index in [2.05, 4.69) is 52.5 Å². The van der Waals surface area contributed by atoms with Gasteiger partial charge in [-0.25, -0.2) is 4.79 Å². The first-order chi connectivity index (χ1) is 45.6. The first-order valence-electron chi connectivity index (χ1n) is 32.2. The number of aliphatic carboxylic acids is 1. The number of halogens is 3. The van der Waals surface area contributed by atoms with Crippen molar-refractivity contribution in [1.29, 1.82) is 0 Å². The van der Waals surface area contributed by atoms with Crippen LogP contribution in [0.5, 0.6) is 0 Å². The third kappa shape index (κ3) is 21.9. The lowest BCUT2D eigenvalue weighted by atomic mass is 9.99. The number of likely N-dealkylation sites (tertiary alicyclic amines) is 1. The Kier molecular flexibility index (Phi) is 27.9. The Morgan fingerprint density at radius 1 is 0.750 bits per heavy atom. The number of carbonyl (C=O) groups is 12. The van der Waals surface area contributed by atoms with E-state index in [1.807, 2.05) is 67.6 Å². The lowest BCUT2D eigenvalue weighted by Crippen LogP contribution is -2.61. The molecule has 0 spiro atoms. The molecule has 11 amide bonds. The number of carboxylic acid groups (broad SMARTS) is 1. The maximum Gasteiger partial charge on any atom is 0.490 e. The molecule has 522 valence electrons. The summed E-state index contributed by atoms with van der Waals surface area (Å²) in [4.78, 5) is 176. The smallest absolute Gasteiger partial charge is 0.475 e. The molecule has 1 aromatic heterocycles. The number of nitrogens with two attached hydrogens (primary N) is 3. The van der Waals surface area contributed by atoms with Gasteiger partial charge in [0.2, 0.25) is 65.0 Å². The Morgan fingerprint density at radius 3 is 2.07 bits per heavy atom. The maximum atomic E-state index is 15.1. The molecule has 96 heavy (non-hydrogen) atoms. The molecule has 0 aliphatic carbocycles. The van der Waals surface area contributed by atoms with E-state index in [1.165, 1.54) is 16.7 Å². The van der Waals surface area contributed by atoms with Gasteiger partial charge in [-0.15, -0.1) is 0 Å². The minimum absolute atomic E-state index is 0.00421. The highest BCUT2D eigenvalue weighted by Gasteiger charge is 2.43. The van der Waals surface area contributed by atoms with Gasteiger partial charge in [-0.05, 0) is 98.1 Å². The largest absolute Gasteiger partial charge is 0.490 e. The van der Waals surface area contributed by atoms with E-state index in [-0.39, 0.29) is 89.9 Å². The van der Waals surface area contributed by atoms with Crippen molar-refractivity contribution in [2.24, 2.45) is 28.1 Å². The summed E-state index contributed by atoms with van der Waals surface area (Å²) < 4.78 is 31.7. The topological polar surface area (TPSA) is 434 Å². The SMILES string of the molecule is CCCC[C@H](NC(C)=O)C(=O)N[C@H]1CC(=O)NCCCC[C@@H](C(=O)N[C@@H](C(=O)N2CCC[C@@H]2C(N)=O)C(C)C)NC(=O)[C@H](Cc2c[nH]c3ccccc23)NC(=O)C(CCCN=C(N)N)NC(=O)[C@@H](Cc2ccc3ccccc3c2)NC(=O)[C@@H]2CCCN2C1=O.O=C(O)C(F)(F)F. The standard InChI is InChI=1S/C63H87N15O11.C2HF3O2/c1-5-6-19-44(70-37(4)79)55(82)75-49-34-52(80)67-27-12-11-21-45(57(84)76-53(36(2)3)62(89)77-29-14-23-50(77)54(64)81)71-59(86)48(33-41-35-69-43-20-10-9-18-42(41)43)73-56(83)46(22-13-28-68-63(65)66)72-58(85)47(74-60(87)51-24-15-30-78(51)61(49)88)32-38-25-26-39-16-7-8-17-40(39)31-38;3-2(4,5)1(6)7/h7-10,16-18,20,25-26,31,35-36,44-51,53,69H,5-6,11-15,19,21-24,27-30,32-34H2,1-4H3,(H2,64,81)(H,67,80)(H,70,79)(H,71,86)(H,72,85)(H,73,83)(H,74,87)(H,75,82)(H,76,84)(H4,65,66,68);(H,6,7)/t44-,45-,46?,47+,48-,49-,50+,51-,53+;/m0./s1. The van der Waals surface area contributed by atoms with E-state index in [4.69, 9.17) is 27.1 Å². The number of nitrogens with one attached hydrogen (secondary N) is 9. The minimum Gasteiger partial charge on any atom is -0.475 e. The lowest BCUT2D eigenvalue weighted by molar-refractivity contribution is -0.192. The molecule has 0 bridgehead atoms. The van der Waals surface area contributed by atoms with E-state index in [9.17, 15) is 51.5 Å². The first kappa shape index (κ1) is 75.2. The Bertz CT molecular complexity index is 3490. The predicted octanol–water partition coefficient (Wildman–Crippen LogP) is 1.21. The number of guanidine groups is 1. The van der Waals surface area contributed by atoms with Crippen molar-refractivity contribution >= 4 is 98.6 Å². The second-order valence-electron chi connectivity index (χ2n) is 24.5. The number of benzene rings is 3. The number of aliphatic imine (C=N–C) groups is 1. The first-order valence-corrected chi connectivity index (χ1v) is 32.2. The second kappa shape index (κ2) is 35.6. The van der Waals surface area contributed by atoms with Crippen molar-refractivity contribution in [3.05, 3.63) is 84.1 Å². The number of fused-ring (bicyclic) bond motifs is 3. The number of primary amides is 1. The van der Waals surface area contributed by atoms with Crippen LogP contribution in [-0.2, 0) is 70.4 Å². The molecular formula is C65H88F3N15O13. The van der Waals surface area contributed by atoms with Gasteiger partial charge in [0.25, 0.3) is 0 Å². The number of aromatic nitrogens is 1. The number of unbranched alkanes of at least 4 members (excludes halogenated alkanes) is 1. The Hall–Kier alpha value is -9.84. The van der Waals surface area contributed by atoms with Crippen LogP contribution < -0.4 is 59.7 Å². The van der Waals surface area contributed by atoms with Crippen LogP contribution >= 0.6 is 0 Å². The minimum atomic E-state index is -5.08. The Balaban J connectivity index is 0.00000197. The van der Waals surface area contributed by atoms with E-state index >= 15 is 14.4 Å². The summed E-state index contributed by atoms with van der Waals surface area (Å²) in [7, 11) is 0. The number of amides is 11. The fourth-order valence-corrected chi connectivity index (χ4v) is 11.8. The van der Waals surface area contributed by atoms with Gasteiger partial charge < -0.3 is 79.6 Å². The lowest BCUT2D eigenvalue weighted by Gasteiger charge is -2.31. The third-order valence-electron chi connectivity index (χ3n) is 16.8. The van der Waals surface area contributed by atoms with Gasteiger partial charge in [0.15, 0.2) is 5.96 Å². The normalized spacial score (nSPS) is 21.8. The number of hydrogen-bond acceptors (Lipinski definition) is 13. The summed E-state index contributed by atoms with van der Waals surface area (Å²) >= 11 is 0. The zero-order valence-corrected chi connectivity index (χ0v) is 54.2. The number of hydrogen-bond donors (Lipinski definition) is 13. The number of nitrogens with zero attached hydrogens (tertiary/aromatic N) is 3. The molecule has 31 heteroatoms. The monoisotopic (exact) mass is 1340 g/mol. The average Bonchev–Trinajstić information content (AvgIpc) is 1.58. The van der Waals surface area contributed by atoms with Gasteiger partial charge in [-0.1, -0.05) is 94.3 Å². The number of carbonyl (C=O) groups excluding carboxylic acids is 11. The van der Waals surface area contributed by atoms with Gasteiger partial charge in [0.05, 0.1) is 6.42 Å². The Labute approximate surface area is 552 Å². The number of aromatic amines is 1. The molecule has 3 fully saturated rings. The van der Waals surface area contributed by atoms with E-state index in [0.29, 0.717) is 43.2 Å². The predicted molar refractivity (Wildman–Crippen MR) is 347 cm³/mol. The average molecular weight is 1340 g/mol. The molecular weight excluding hydrogens is 1260 g/mol. The summed E-state index contributed by atoms with van der Waals surface area (Å²) in [5.41, 5.74) is 19.0. The van der Waals surface area contributed by atoms with Crippen LogP contribution in [0, 0.1) is 5.92 Å². The summed E-state index contributed by atoms with van der Waals surface area (Å²) in [5.74, 6) is -11.2. The van der Waals surface area contributed by atoms with Crippen molar-refractivity contribution in [2.75, 3.05) is 26.2 Å². The van der Waals surface area contributed by atoms with Crippen LogP contribution in [0.3, 0.4) is 0 Å². The van der Waals surface area contributed by atoms with Crippen molar-refractivity contribution in [3.63, 3.8) is 0 Å². The van der Waals surface area contributed by atoms with Gasteiger partial charge >= 0.3 is 12.1 Å². The zero-order chi connectivity index (χ0) is 70.4. The Morgan fingerprint density at radius 2 is 1.40 bits per heavy atom. The van der Waals surface area contributed by atoms with E-state index in [1.54, 1.807) is 26.1 Å². The summed E-state index contributed by atoms with van der Waals surface area (Å²) in [5, 5.41) is 32.0. The molecule has 3 saturated heterocycles.